The second-order valence-corrected chi connectivity index (χ2v) is 10.7. The van der Waals surface area contributed by atoms with Crippen molar-refractivity contribution in [2.24, 2.45) is 5.92 Å². The second-order valence-electron chi connectivity index (χ2n) is 8.45. The van der Waals surface area contributed by atoms with E-state index in [1.807, 2.05) is 13.8 Å². The molecule has 0 aromatic rings. The molecular formula is C19H35N3O4S. The fraction of sp³-hybridized carbons (Fsp3) is 0.895. The highest BCUT2D eigenvalue weighted by Gasteiger charge is 2.30. The van der Waals surface area contributed by atoms with Crippen molar-refractivity contribution >= 4 is 21.8 Å². The van der Waals surface area contributed by atoms with Gasteiger partial charge in [-0.25, -0.2) is 13.2 Å². The first-order valence-corrected chi connectivity index (χ1v) is 12.1. The van der Waals surface area contributed by atoms with Crippen molar-refractivity contribution in [3.05, 3.63) is 0 Å². The SMILES string of the molecule is CC(C)C[C@H](NC(=O)N[C@@H]1CCS(=O)(=O)C1)C(=O)NC1CCCCCCC1. The van der Waals surface area contributed by atoms with Gasteiger partial charge in [-0.05, 0) is 31.6 Å². The van der Waals surface area contributed by atoms with Gasteiger partial charge in [0.1, 0.15) is 6.04 Å². The summed E-state index contributed by atoms with van der Waals surface area (Å²) >= 11 is 0. The molecule has 156 valence electrons. The molecule has 0 spiro atoms. The third kappa shape index (κ3) is 8.07. The van der Waals surface area contributed by atoms with Gasteiger partial charge >= 0.3 is 6.03 Å². The lowest BCUT2D eigenvalue weighted by atomic mass is 9.96. The third-order valence-corrected chi connectivity index (χ3v) is 7.12. The number of hydrogen-bond donors (Lipinski definition) is 3. The predicted octanol–water partition coefficient (Wildman–Crippen LogP) is 2.12. The molecule has 1 heterocycles. The van der Waals surface area contributed by atoms with Gasteiger partial charge in [0.15, 0.2) is 9.84 Å². The summed E-state index contributed by atoms with van der Waals surface area (Å²) in [6.45, 7) is 4.03. The summed E-state index contributed by atoms with van der Waals surface area (Å²) in [5.74, 6) is 0.202. The smallest absolute Gasteiger partial charge is 0.315 e. The van der Waals surface area contributed by atoms with Crippen LogP contribution in [0.4, 0.5) is 4.79 Å². The molecular weight excluding hydrogens is 366 g/mol. The standard InChI is InChI=1S/C19H35N3O4S/c1-14(2)12-17(18(23)20-15-8-6-4-3-5-7-9-15)22-19(24)21-16-10-11-27(25,26)13-16/h14-17H,3-13H2,1-2H3,(H,20,23)(H2,21,22,24)/t16-,17+/m1/s1. The molecule has 1 aliphatic heterocycles. The van der Waals surface area contributed by atoms with Crippen molar-refractivity contribution in [3.63, 3.8) is 0 Å². The average molecular weight is 402 g/mol. The van der Waals surface area contributed by atoms with Crippen molar-refractivity contribution < 1.29 is 18.0 Å². The van der Waals surface area contributed by atoms with Crippen LogP contribution in [0.15, 0.2) is 0 Å². The van der Waals surface area contributed by atoms with Crippen LogP contribution in [0.2, 0.25) is 0 Å². The fourth-order valence-electron chi connectivity index (χ4n) is 3.90. The maximum atomic E-state index is 12.8. The Morgan fingerprint density at radius 2 is 1.56 bits per heavy atom. The topological polar surface area (TPSA) is 104 Å². The lowest BCUT2D eigenvalue weighted by Crippen LogP contribution is -2.54. The Morgan fingerprint density at radius 1 is 0.926 bits per heavy atom. The Bertz CT molecular complexity index is 598. The molecule has 2 aliphatic rings. The fourth-order valence-corrected chi connectivity index (χ4v) is 5.57. The molecule has 3 N–H and O–H groups in total. The summed E-state index contributed by atoms with van der Waals surface area (Å²) in [6, 6.07) is -1.26. The minimum absolute atomic E-state index is 0.0243. The lowest BCUT2D eigenvalue weighted by molar-refractivity contribution is -0.124. The third-order valence-electron chi connectivity index (χ3n) is 5.35. The molecule has 0 aromatic carbocycles. The number of hydrogen-bond acceptors (Lipinski definition) is 4. The molecule has 0 aromatic heterocycles. The number of rotatable bonds is 6. The molecule has 2 atom stereocenters. The number of carbonyl (C=O) groups excluding carboxylic acids is 2. The summed E-state index contributed by atoms with van der Waals surface area (Å²) in [7, 11) is -3.05. The van der Waals surface area contributed by atoms with Crippen molar-refractivity contribution in [2.75, 3.05) is 11.5 Å². The normalized spacial score (nSPS) is 24.6. The van der Waals surface area contributed by atoms with Crippen LogP contribution in [0.5, 0.6) is 0 Å². The summed E-state index contributed by atoms with van der Waals surface area (Å²) in [5, 5.41) is 8.60. The van der Waals surface area contributed by atoms with Crippen LogP contribution in [-0.4, -0.2) is 50.0 Å². The molecule has 0 bridgehead atoms. The molecule has 2 fully saturated rings. The highest BCUT2D eigenvalue weighted by molar-refractivity contribution is 7.91. The van der Waals surface area contributed by atoms with Crippen LogP contribution in [0.3, 0.4) is 0 Å². The monoisotopic (exact) mass is 401 g/mol. The highest BCUT2D eigenvalue weighted by atomic mass is 32.2. The van der Waals surface area contributed by atoms with Crippen LogP contribution in [0, 0.1) is 5.92 Å². The minimum atomic E-state index is -3.05. The molecule has 8 heteroatoms. The zero-order chi connectivity index (χ0) is 19.9. The van der Waals surface area contributed by atoms with E-state index in [-0.39, 0.29) is 35.4 Å². The maximum absolute atomic E-state index is 12.8. The van der Waals surface area contributed by atoms with Crippen LogP contribution >= 0.6 is 0 Å². The molecule has 2 rings (SSSR count). The zero-order valence-electron chi connectivity index (χ0n) is 16.6. The summed E-state index contributed by atoms with van der Waals surface area (Å²) in [6.07, 6.45) is 8.93. The van der Waals surface area contributed by atoms with E-state index in [4.69, 9.17) is 0 Å². The Balaban J connectivity index is 1.88. The van der Waals surface area contributed by atoms with Crippen molar-refractivity contribution in [1.29, 1.82) is 0 Å². The second kappa shape index (κ2) is 10.3. The molecule has 0 radical (unpaired) electrons. The molecule has 27 heavy (non-hydrogen) atoms. The zero-order valence-corrected chi connectivity index (χ0v) is 17.4. The van der Waals surface area contributed by atoms with E-state index in [9.17, 15) is 18.0 Å². The number of sulfone groups is 1. The van der Waals surface area contributed by atoms with E-state index in [2.05, 4.69) is 16.0 Å². The van der Waals surface area contributed by atoms with E-state index in [0.29, 0.717) is 12.8 Å². The van der Waals surface area contributed by atoms with Gasteiger partial charge in [-0.2, -0.15) is 0 Å². The summed E-state index contributed by atoms with van der Waals surface area (Å²) in [5.41, 5.74) is 0. The van der Waals surface area contributed by atoms with Gasteiger partial charge in [0, 0.05) is 12.1 Å². The molecule has 3 amide bonds. The van der Waals surface area contributed by atoms with Gasteiger partial charge in [-0.1, -0.05) is 46.0 Å². The summed E-state index contributed by atoms with van der Waals surface area (Å²) in [4.78, 5) is 25.1. The molecule has 0 unspecified atom stereocenters. The van der Waals surface area contributed by atoms with Crippen LogP contribution in [0.1, 0.15) is 71.6 Å². The number of nitrogens with one attached hydrogen (secondary N) is 3. The van der Waals surface area contributed by atoms with Crippen molar-refractivity contribution in [3.8, 4) is 0 Å². The van der Waals surface area contributed by atoms with Gasteiger partial charge in [0.2, 0.25) is 5.91 Å². The Hall–Kier alpha value is -1.31. The highest BCUT2D eigenvalue weighted by Crippen LogP contribution is 2.17. The molecule has 1 saturated carbocycles. The predicted molar refractivity (Wildman–Crippen MR) is 106 cm³/mol. The van der Waals surface area contributed by atoms with Crippen molar-refractivity contribution in [2.45, 2.75) is 89.8 Å². The Labute approximate surface area is 163 Å². The first kappa shape index (κ1) is 22.0. The first-order valence-electron chi connectivity index (χ1n) is 10.3. The van der Waals surface area contributed by atoms with Gasteiger partial charge in [0.25, 0.3) is 0 Å². The summed E-state index contributed by atoms with van der Waals surface area (Å²) < 4.78 is 23.1. The molecule has 7 nitrogen and oxygen atoms in total. The van der Waals surface area contributed by atoms with Crippen LogP contribution in [-0.2, 0) is 14.6 Å². The number of urea groups is 1. The van der Waals surface area contributed by atoms with Gasteiger partial charge < -0.3 is 16.0 Å². The average Bonchev–Trinajstić information content (AvgIpc) is 2.87. The molecule has 1 saturated heterocycles. The number of carbonyl (C=O) groups is 2. The number of amides is 3. The minimum Gasteiger partial charge on any atom is -0.352 e. The van der Waals surface area contributed by atoms with E-state index in [1.54, 1.807) is 0 Å². The Morgan fingerprint density at radius 3 is 2.11 bits per heavy atom. The van der Waals surface area contributed by atoms with E-state index < -0.39 is 21.9 Å². The first-order chi connectivity index (χ1) is 12.7. The Kier molecular flexibility index (Phi) is 8.38. The van der Waals surface area contributed by atoms with Gasteiger partial charge in [-0.3, -0.25) is 4.79 Å². The molecule has 1 aliphatic carbocycles. The van der Waals surface area contributed by atoms with Crippen molar-refractivity contribution in [1.82, 2.24) is 16.0 Å². The lowest BCUT2D eigenvalue weighted by Gasteiger charge is -2.26. The largest absolute Gasteiger partial charge is 0.352 e. The quantitative estimate of drug-likeness (QED) is 0.634. The van der Waals surface area contributed by atoms with Crippen LogP contribution < -0.4 is 16.0 Å². The maximum Gasteiger partial charge on any atom is 0.315 e. The van der Waals surface area contributed by atoms with E-state index in [0.717, 1.165) is 25.7 Å². The van der Waals surface area contributed by atoms with E-state index in [1.165, 1.54) is 19.3 Å². The van der Waals surface area contributed by atoms with Crippen LogP contribution in [0.25, 0.3) is 0 Å². The van der Waals surface area contributed by atoms with E-state index >= 15 is 0 Å². The van der Waals surface area contributed by atoms with Gasteiger partial charge in [0.05, 0.1) is 11.5 Å². The van der Waals surface area contributed by atoms with Gasteiger partial charge in [-0.15, -0.1) is 0 Å².